The molecule has 0 atom stereocenters. The van der Waals surface area contributed by atoms with Crippen molar-refractivity contribution in [2.45, 2.75) is 37.4 Å². The zero-order valence-corrected chi connectivity index (χ0v) is 26.0. The minimum Gasteiger partial charge on any atom is -0.437 e. The Labute approximate surface area is 261 Å². The van der Waals surface area contributed by atoms with E-state index >= 15 is 0 Å². The van der Waals surface area contributed by atoms with E-state index in [1.807, 2.05) is 18.2 Å². The summed E-state index contributed by atoms with van der Waals surface area (Å²) in [5.41, 5.74) is 5.56. The third-order valence-electron chi connectivity index (χ3n) is 7.84. The molecule has 0 aliphatic heterocycles. The number of carbonyl (C=O) groups excluding carboxylic acids is 1. The summed E-state index contributed by atoms with van der Waals surface area (Å²) in [6.07, 6.45) is 3.03. The summed E-state index contributed by atoms with van der Waals surface area (Å²) in [6, 6.07) is 51.1. The van der Waals surface area contributed by atoms with Crippen LogP contribution in [-0.2, 0) is 22.9 Å². The topological polar surface area (TPSA) is 35.5 Å². The van der Waals surface area contributed by atoms with Crippen molar-refractivity contribution in [2.75, 3.05) is 12.9 Å². The molecular weight excluding hydrogens is 547 g/mol. The summed E-state index contributed by atoms with van der Waals surface area (Å²) < 4.78 is 9.37. The van der Waals surface area contributed by atoms with Gasteiger partial charge in [0.1, 0.15) is 11.5 Å². The van der Waals surface area contributed by atoms with Gasteiger partial charge in [0.15, 0.2) is 4.90 Å². The lowest BCUT2D eigenvalue weighted by atomic mass is 9.14. The van der Waals surface area contributed by atoms with Crippen molar-refractivity contribution in [1.82, 2.24) is 0 Å². The number of benzene rings is 5. The molecular formula is C38H41BO3S. The highest BCUT2D eigenvalue weighted by Crippen LogP contribution is 2.17. The van der Waals surface area contributed by atoms with Crippen molar-refractivity contribution in [2.24, 2.45) is 0 Å². The Kier molecular flexibility index (Phi) is 12.6. The van der Waals surface area contributed by atoms with E-state index in [9.17, 15) is 4.79 Å². The third kappa shape index (κ3) is 9.13. The smallest absolute Gasteiger partial charge is 0.437 e. The van der Waals surface area contributed by atoms with Gasteiger partial charge in [-0.2, -0.15) is 22.7 Å². The molecule has 0 amide bonds. The predicted octanol–water partition coefficient (Wildman–Crippen LogP) is 7.21. The number of carbonyl (C=O) groups is 1. The maximum Gasteiger partial charge on any atom is 0.513 e. The number of hydrogen-bond donors (Lipinski definition) is 0. The van der Waals surface area contributed by atoms with Crippen LogP contribution in [0.15, 0.2) is 150 Å². The second-order valence-electron chi connectivity index (χ2n) is 10.6. The van der Waals surface area contributed by atoms with Gasteiger partial charge in [-0.1, -0.05) is 141 Å². The molecule has 0 aromatic heterocycles. The molecule has 5 aromatic carbocycles. The van der Waals surface area contributed by atoms with E-state index in [4.69, 9.17) is 4.74 Å². The van der Waals surface area contributed by atoms with Crippen LogP contribution < -0.4 is 21.1 Å². The molecule has 0 radical (unpaired) electrons. The van der Waals surface area contributed by atoms with Crippen molar-refractivity contribution < 1.29 is 14.3 Å². The first-order valence-corrected chi connectivity index (χ1v) is 16.1. The fourth-order valence-corrected chi connectivity index (χ4v) is 6.65. The van der Waals surface area contributed by atoms with E-state index in [0.29, 0.717) is 5.75 Å². The Morgan fingerprint density at radius 3 is 1.56 bits per heavy atom. The molecule has 0 heterocycles. The molecule has 5 rings (SSSR count). The summed E-state index contributed by atoms with van der Waals surface area (Å²) in [4.78, 5) is 12.3. The van der Waals surface area contributed by atoms with Crippen LogP contribution in [0.2, 0.25) is 6.32 Å². The summed E-state index contributed by atoms with van der Waals surface area (Å²) >= 11 is 1.32. The van der Waals surface area contributed by atoms with Gasteiger partial charge in [-0.25, -0.2) is 4.79 Å². The van der Waals surface area contributed by atoms with Gasteiger partial charge < -0.3 is 9.47 Å². The van der Waals surface area contributed by atoms with Crippen molar-refractivity contribution in [3.8, 4) is 5.75 Å². The Balaban J connectivity index is 0.000000199. The molecule has 43 heavy (non-hydrogen) atoms. The zero-order chi connectivity index (χ0) is 30.2. The molecule has 0 N–H and O–H groups in total. The average molecular weight is 589 g/mol. The minimum atomic E-state index is -0.913. The number of thiol groups is 1. The standard InChI is InChI=1S/C22H24B.C16H16O3S/c1-2-3-19-23(20-13-7-4-8-14-20,21-15-9-5-10-16-21)22-17-11-6-12-18-22;1-18-16(17)19-14-9-7-13(8-10-14)11-12-20-15-5-3-2-4-6-15/h4-18H,2-3,19H2,1H3;2-10H,11-12H2,1H3/q-1;/p+1. The van der Waals surface area contributed by atoms with Crippen LogP contribution in [0.25, 0.3) is 0 Å². The molecule has 5 aromatic rings. The van der Waals surface area contributed by atoms with Crippen LogP contribution in [-0.4, -0.2) is 25.2 Å². The van der Waals surface area contributed by atoms with E-state index in [2.05, 4.69) is 127 Å². The normalized spacial score (nSPS) is 10.7. The van der Waals surface area contributed by atoms with Gasteiger partial charge in [-0.15, -0.1) is 0 Å². The highest BCUT2D eigenvalue weighted by Gasteiger charge is 2.28. The van der Waals surface area contributed by atoms with Crippen molar-refractivity contribution in [3.63, 3.8) is 0 Å². The average Bonchev–Trinajstić information content (AvgIpc) is 3.08. The van der Waals surface area contributed by atoms with Gasteiger partial charge in [-0.3, -0.25) is 0 Å². The SMILES string of the molecule is CCCC[B-](c1ccccc1)(c1ccccc1)c1ccccc1.COC(=O)Oc1ccc(CC[SH+]c2ccccc2)cc1. The van der Waals surface area contributed by atoms with E-state index in [1.165, 1.54) is 64.9 Å². The highest BCUT2D eigenvalue weighted by molar-refractivity contribution is 7.78. The molecule has 3 nitrogen and oxygen atoms in total. The van der Waals surface area contributed by atoms with Gasteiger partial charge in [0.2, 0.25) is 0 Å². The second kappa shape index (κ2) is 17.0. The molecule has 0 saturated heterocycles. The van der Waals surface area contributed by atoms with Crippen LogP contribution in [0.5, 0.6) is 5.75 Å². The van der Waals surface area contributed by atoms with Crippen LogP contribution in [0.3, 0.4) is 0 Å². The molecule has 5 heteroatoms. The number of rotatable bonds is 11. The van der Waals surface area contributed by atoms with Gasteiger partial charge in [0.05, 0.1) is 13.3 Å². The maximum atomic E-state index is 10.9. The van der Waals surface area contributed by atoms with Gasteiger partial charge in [-0.05, 0) is 29.8 Å². The summed E-state index contributed by atoms with van der Waals surface area (Å²) in [5.74, 6) is 1.57. The summed E-state index contributed by atoms with van der Waals surface area (Å²) in [6.45, 7) is 2.28. The van der Waals surface area contributed by atoms with E-state index in [0.717, 1.165) is 12.2 Å². The van der Waals surface area contributed by atoms with Gasteiger partial charge in [0, 0.05) is 18.2 Å². The lowest BCUT2D eigenvalue weighted by Crippen LogP contribution is -2.66. The Morgan fingerprint density at radius 1 is 0.651 bits per heavy atom. The van der Waals surface area contributed by atoms with Crippen LogP contribution in [0.1, 0.15) is 25.3 Å². The predicted molar refractivity (Wildman–Crippen MR) is 185 cm³/mol. The maximum absolute atomic E-state index is 10.9. The number of hydrogen-bond acceptors (Lipinski definition) is 3. The quantitative estimate of drug-likeness (QED) is 0.0538. The summed E-state index contributed by atoms with van der Waals surface area (Å²) in [7, 11) is 1.29. The zero-order valence-electron chi connectivity index (χ0n) is 25.1. The molecule has 0 saturated carbocycles. The largest absolute Gasteiger partial charge is 0.513 e. The Bertz CT molecular complexity index is 1380. The van der Waals surface area contributed by atoms with Crippen LogP contribution >= 0.6 is 0 Å². The lowest BCUT2D eigenvalue weighted by molar-refractivity contribution is 0.121. The molecule has 0 fully saturated rings. The van der Waals surface area contributed by atoms with E-state index in [-0.39, 0.29) is 0 Å². The van der Waals surface area contributed by atoms with E-state index < -0.39 is 12.3 Å². The number of ether oxygens (including phenoxy) is 2. The lowest BCUT2D eigenvalue weighted by Gasteiger charge is -2.43. The number of aryl methyl sites for hydroxylation is 1. The Hall–Kier alpha value is -4.22. The van der Waals surface area contributed by atoms with Gasteiger partial charge >= 0.3 is 6.16 Å². The number of methoxy groups -OCH3 is 1. The van der Waals surface area contributed by atoms with Crippen molar-refractivity contribution in [3.05, 3.63) is 151 Å². The molecule has 220 valence electrons. The fourth-order valence-electron chi connectivity index (χ4n) is 5.64. The molecule has 0 unspecified atom stereocenters. The van der Waals surface area contributed by atoms with E-state index in [1.54, 1.807) is 12.1 Å². The second-order valence-corrected chi connectivity index (χ2v) is 11.9. The summed E-state index contributed by atoms with van der Waals surface area (Å²) in [5, 5.41) is 0. The first-order valence-electron chi connectivity index (χ1n) is 15.1. The number of unbranched alkanes of at least 4 members (excludes halogenated alkanes) is 1. The first-order chi connectivity index (χ1) is 21.2. The monoisotopic (exact) mass is 588 g/mol. The van der Waals surface area contributed by atoms with Crippen LogP contribution in [0.4, 0.5) is 4.79 Å². The molecule has 0 bridgehead atoms. The molecule has 0 spiro atoms. The first kappa shape index (κ1) is 31.7. The molecule has 0 aliphatic carbocycles. The fraction of sp³-hybridized carbons (Fsp3) is 0.184. The van der Waals surface area contributed by atoms with Crippen LogP contribution in [0, 0.1) is 0 Å². The molecule has 0 aliphatic rings. The Morgan fingerprint density at radius 2 is 1.12 bits per heavy atom. The third-order valence-corrected chi connectivity index (χ3v) is 8.95. The highest BCUT2D eigenvalue weighted by atomic mass is 32.2. The van der Waals surface area contributed by atoms with Gasteiger partial charge in [0.25, 0.3) is 0 Å². The van der Waals surface area contributed by atoms with Crippen molar-refractivity contribution in [1.29, 1.82) is 0 Å². The minimum absolute atomic E-state index is 0.501. The van der Waals surface area contributed by atoms with Crippen molar-refractivity contribution >= 4 is 40.5 Å².